The van der Waals surface area contributed by atoms with Crippen LogP contribution in [0.25, 0.3) is 12.2 Å². The van der Waals surface area contributed by atoms with E-state index in [1.165, 1.54) is 16.9 Å². The van der Waals surface area contributed by atoms with Crippen LogP contribution in [0.5, 0.6) is 0 Å². The maximum Gasteiger partial charge on any atom is 0.169 e. The van der Waals surface area contributed by atoms with E-state index in [1.807, 2.05) is 36.4 Å². The fourth-order valence-electron chi connectivity index (χ4n) is 1.37. The van der Waals surface area contributed by atoms with Crippen LogP contribution in [-0.4, -0.2) is 5.78 Å². The molecule has 0 aliphatic rings. The molecule has 80 valence electrons. The van der Waals surface area contributed by atoms with E-state index in [4.69, 9.17) is 0 Å². The largest absolute Gasteiger partial charge is 0.294 e. The van der Waals surface area contributed by atoms with Gasteiger partial charge in [-0.25, -0.2) is 0 Å². The summed E-state index contributed by atoms with van der Waals surface area (Å²) in [5, 5.41) is 0. The van der Waals surface area contributed by atoms with Crippen LogP contribution in [0.4, 0.5) is 0 Å². The molecule has 0 bridgehead atoms. The van der Waals surface area contributed by atoms with Gasteiger partial charge < -0.3 is 0 Å². The zero-order chi connectivity index (χ0) is 11.4. The number of carbonyl (C=O) groups excluding carboxylic acids is 1. The van der Waals surface area contributed by atoms with Gasteiger partial charge in [-0.1, -0.05) is 36.4 Å². The molecule has 0 atom stereocenters. The van der Waals surface area contributed by atoms with Gasteiger partial charge in [-0.2, -0.15) is 0 Å². The van der Waals surface area contributed by atoms with Gasteiger partial charge in [0.2, 0.25) is 0 Å². The second kappa shape index (κ2) is 4.90. The van der Waals surface area contributed by atoms with Crippen LogP contribution < -0.4 is 0 Å². The molecule has 1 aromatic heterocycles. The first-order chi connectivity index (χ1) is 7.75. The Labute approximate surface area is 99.1 Å². The monoisotopic (exact) mass is 228 g/mol. The van der Waals surface area contributed by atoms with Gasteiger partial charge in [-0.3, -0.25) is 4.79 Å². The molecule has 0 fully saturated rings. The Bertz CT molecular complexity index is 509. The van der Waals surface area contributed by atoms with Crippen molar-refractivity contribution in [3.05, 3.63) is 57.8 Å². The molecule has 0 radical (unpaired) electrons. The van der Waals surface area contributed by atoms with E-state index >= 15 is 0 Å². The number of hydrogen-bond donors (Lipinski definition) is 0. The summed E-state index contributed by atoms with van der Waals surface area (Å²) in [6.07, 6.45) is 4.09. The fourth-order valence-corrected chi connectivity index (χ4v) is 2.18. The minimum Gasteiger partial charge on any atom is -0.294 e. The third-order valence-corrected chi connectivity index (χ3v) is 3.36. The SMILES string of the molecule is CC(=O)c1ccc(/C=C/c2ccccc2)s1. The lowest BCUT2D eigenvalue weighted by atomic mass is 10.2. The summed E-state index contributed by atoms with van der Waals surface area (Å²) >= 11 is 1.52. The van der Waals surface area contributed by atoms with Crippen molar-refractivity contribution in [1.82, 2.24) is 0 Å². The van der Waals surface area contributed by atoms with Gasteiger partial charge in [0.25, 0.3) is 0 Å². The molecule has 2 aromatic rings. The van der Waals surface area contributed by atoms with E-state index < -0.39 is 0 Å². The first-order valence-corrected chi connectivity index (χ1v) is 5.91. The Morgan fingerprint density at radius 1 is 1.06 bits per heavy atom. The smallest absolute Gasteiger partial charge is 0.169 e. The van der Waals surface area contributed by atoms with Gasteiger partial charge in [0.05, 0.1) is 4.88 Å². The van der Waals surface area contributed by atoms with Crippen molar-refractivity contribution in [2.75, 3.05) is 0 Å². The first-order valence-electron chi connectivity index (χ1n) is 5.09. The quantitative estimate of drug-likeness (QED) is 0.722. The van der Waals surface area contributed by atoms with E-state index in [-0.39, 0.29) is 5.78 Å². The number of carbonyl (C=O) groups is 1. The highest BCUT2D eigenvalue weighted by Crippen LogP contribution is 2.19. The van der Waals surface area contributed by atoms with Crippen molar-refractivity contribution in [3.63, 3.8) is 0 Å². The first kappa shape index (κ1) is 10.8. The predicted molar refractivity (Wildman–Crippen MR) is 69.7 cm³/mol. The molecule has 0 N–H and O–H groups in total. The van der Waals surface area contributed by atoms with Crippen LogP contribution in [0.15, 0.2) is 42.5 Å². The van der Waals surface area contributed by atoms with Crippen LogP contribution in [0.3, 0.4) is 0 Å². The molecule has 0 saturated heterocycles. The molecule has 0 saturated carbocycles. The standard InChI is InChI=1S/C14H12OS/c1-11(15)14-10-9-13(16-14)8-7-12-5-3-2-4-6-12/h2-10H,1H3/b8-7+. The Hall–Kier alpha value is -1.67. The van der Waals surface area contributed by atoms with Gasteiger partial charge in [0.1, 0.15) is 0 Å². The van der Waals surface area contributed by atoms with Crippen LogP contribution in [-0.2, 0) is 0 Å². The normalized spacial score (nSPS) is 10.8. The van der Waals surface area contributed by atoms with Crippen molar-refractivity contribution in [2.24, 2.45) is 0 Å². The third-order valence-electron chi connectivity index (χ3n) is 2.21. The van der Waals surface area contributed by atoms with Crippen molar-refractivity contribution in [1.29, 1.82) is 0 Å². The van der Waals surface area contributed by atoms with Crippen LogP contribution >= 0.6 is 11.3 Å². The van der Waals surface area contributed by atoms with Crippen molar-refractivity contribution < 1.29 is 4.79 Å². The summed E-state index contributed by atoms with van der Waals surface area (Å²) in [6, 6.07) is 14.0. The molecule has 0 spiro atoms. The van der Waals surface area contributed by atoms with Gasteiger partial charge in [0, 0.05) is 4.88 Å². The molecule has 2 rings (SSSR count). The van der Waals surface area contributed by atoms with Crippen molar-refractivity contribution >= 4 is 29.3 Å². The molecule has 0 amide bonds. The van der Waals surface area contributed by atoms with E-state index in [2.05, 4.69) is 18.2 Å². The molecule has 16 heavy (non-hydrogen) atoms. The van der Waals surface area contributed by atoms with Crippen molar-refractivity contribution in [2.45, 2.75) is 6.92 Å². The molecule has 0 unspecified atom stereocenters. The van der Waals surface area contributed by atoms with E-state index in [9.17, 15) is 4.79 Å². The lowest BCUT2D eigenvalue weighted by Gasteiger charge is -1.90. The Balaban J connectivity index is 2.15. The second-order valence-electron chi connectivity index (χ2n) is 3.50. The predicted octanol–water partition coefficient (Wildman–Crippen LogP) is 4.12. The van der Waals surface area contributed by atoms with E-state index in [1.54, 1.807) is 6.92 Å². The Morgan fingerprint density at radius 2 is 1.81 bits per heavy atom. The minimum absolute atomic E-state index is 0.129. The lowest BCUT2D eigenvalue weighted by Crippen LogP contribution is -1.83. The number of ketones is 1. The molecule has 1 heterocycles. The average Bonchev–Trinajstić information content (AvgIpc) is 2.76. The van der Waals surface area contributed by atoms with Crippen molar-refractivity contribution in [3.8, 4) is 0 Å². The Kier molecular flexibility index (Phi) is 3.32. The molecular formula is C14H12OS. The number of Topliss-reactive ketones (excluding diaryl/α,β-unsaturated/α-hetero) is 1. The van der Waals surface area contributed by atoms with Crippen LogP contribution in [0.1, 0.15) is 27.0 Å². The molecule has 0 aliphatic carbocycles. The summed E-state index contributed by atoms with van der Waals surface area (Å²) in [5.74, 6) is 0.129. The third kappa shape index (κ3) is 2.67. The van der Waals surface area contributed by atoms with Gasteiger partial charge in [0.15, 0.2) is 5.78 Å². The summed E-state index contributed by atoms with van der Waals surface area (Å²) in [7, 11) is 0. The topological polar surface area (TPSA) is 17.1 Å². The molecule has 1 aromatic carbocycles. The number of hydrogen-bond acceptors (Lipinski definition) is 2. The number of rotatable bonds is 3. The second-order valence-corrected chi connectivity index (χ2v) is 4.62. The summed E-state index contributed by atoms with van der Waals surface area (Å²) in [5.41, 5.74) is 1.17. The Morgan fingerprint density at radius 3 is 2.44 bits per heavy atom. The summed E-state index contributed by atoms with van der Waals surface area (Å²) < 4.78 is 0. The summed E-state index contributed by atoms with van der Waals surface area (Å²) in [4.78, 5) is 13.0. The maximum atomic E-state index is 11.1. The zero-order valence-electron chi connectivity index (χ0n) is 9.01. The van der Waals surface area contributed by atoms with Gasteiger partial charge in [-0.05, 0) is 30.7 Å². The zero-order valence-corrected chi connectivity index (χ0v) is 9.83. The highest BCUT2D eigenvalue weighted by Gasteiger charge is 2.01. The minimum atomic E-state index is 0.129. The number of benzene rings is 1. The van der Waals surface area contributed by atoms with Crippen LogP contribution in [0.2, 0.25) is 0 Å². The maximum absolute atomic E-state index is 11.1. The molecule has 1 nitrogen and oxygen atoms in total. The van der Waals surface area contributed by atoms with Gasteiger partial charge >= 0.3 is 0 Å². The van der Waals surface area contributed by atoms with E-state index in [0.29, 0.717) is 0 Å². The van der Waals surface area contributed by atoms with Gasteiger partial charge in [-0.15, -0.1) is 11.3 Å². The van der Waals surface area contributed by atoms with Crippen LogP contribution in [0, 0.1) is 0 Å². The van der Waals surface area contributed by atoms with E-state index in [0.717, 1.165) is 9.75 Å². The molecular weight excluding hydrogens is 216 g/mol. The fraction of sp³-hybridized carbons (Fsp3) is 0.0714. The summed E-state index contributed by atoms with van der Waals surface area (Å²) in [6.45, 7) is 1.59. The molecule has 2 heteroatoms. The number of thiophene rings is 1. The highest BCUT2D eigenvalue weighted by atomic mass is 32.1. The lowest BCUT2D eigenvalue weighted by molar-refractivity contribution is 0.102. The highest BCUT2D eigenvalue weighted by molar-refractivity contribution is 7.14. The molecule has 0 aliphatic heterocycles. The average molecular weight is 228 g/mol.